The van der Waals surface area contributed by atoms with Gasteiger partial charge in [-0.3, -0.25) is 4.79 Å². The third-order valence-electron chi connectivity index (χ3n) is 5.81. The lowest BCUT2D eigenvalue weighted by atomic mass is 10.0. The number of hydrogen-bond donors (Lipinski definition) is 2. The molecule has 4 rings (SSSR count). The summed E-state index contributed by atoms with van der Waals surface area (Å²) in [6.07, 6.45) is 0.527. The maximum absolute atomic E-state index is 13.0. The van der Waals surface area contributed by atoms with Crippen LogP contribution in [0.2, 0.25) is 0 Å². The molecule has 1 saturated heterocycles. The zero-order chi connectivity index (χ0) is 23.4. The number of nitrogens with zero attached hydrogens (tertiary/aromatic N) is 3. The normalized spacial score (nSPS) is 18.8. The summed E-state index contributed by atoms with van der Waals surface area (Å²) in [5, 5.41) is 9.27. The van der Waals surface area contributed by atoms with Crippen LogP contribution in [0.4, 0.5) is 19.0 Å². The summed E-state index contributed by atoms with van der Waals surface area (Å²) in [5.41, 5.74) is 0.705. The number of imidazole rings is 1. The Kier molecular flexibility index (Phi) is 6.83. The Morgan fingerprint density at radius 2 is 2.00 bits per heavy atom. The summed E-state index contributed by atoms with van der Waals surface area (Å²) in [7, 11) is 0. The van der Waals surface area contributed by atoms with Crippen LogP contribution in [0.25, 0.3) is 22.4 Å². The van der Waals surface area contributed by atoms with Crippen molar-refractivity contribution in [1.29, 1.82) is 0 Å². The zero-order valence-electron chi connectivity index (χ0n) is 17.9. The van der Waals surface area contributed by atoms with E-state index in [4.69, 9.17) is 4.74 Å². The second-order valence-corrected chi connectivity index (χ2v) is 8.17. The largest absolute Gasteiger partial charge is 0.481 e. The molecule has 7 nitrogen and oxygen atoms in total. The molecule has 1 aliphatic heterocycles. The van der Waals surface area contributed by atoms with Crippen molar-refractivity contribution < 1.29 is 27.8 Å². The van der Waals surface area contributed by atoms with Crippen LogP contribution >= 0.6 is 0 Å². The maximum atomic E-state index is 13.0. The minimum absolute atomic E-state index is 0.206. The van der Waals surface area contributed by atoms with Gasteiger partial charge >= 0.3 is 12.1 Å². The van der Waals surface area contributed by atoms with E-state index in [2.05, 4.69) is 19.9 Å². The van der Waals surface area contributed by atoms with Crippen molar-refractivity contribution in [2.75, 3.05) is 31.2 Å². The van der Waals surface area contributed by atoms with E-state index in [0.29, 0.717) is 42.0 Å². The Balaban J connectivity index is 1.47. The number of pyridine rings is 1. The highest BCUT2D eigenvalue weighted by Gasteiger charge is 2.30. The molecule has 176 valence electrons. The third kappa shape index (κ3) is 5.62. The van der Waals surface area contributed by atoms with Gasteiger partial charge in [0.25, 0.3) is 0 Å². The summed E-state index contributed by atoms with van der Waals surface area (Å²) in [6.45, 7) is 1.97. The van der Waals surface area contributed by atoms with Crippen LogP contribution in [0, 0.1) is 5.92 Å². The van der Waals surface area contributed by atoms with E-state index in [0.717, 1.165) is 43.8 Å². The first kappa shape index (κ1) is 23.0. The molecule has 0 radical (unpaired) electrons. The van der Waals surface area contributed by atoms with Gasteiger partial charge in [-0.25, -0.2) is 9.97 Å². The number of benzene rings is 1. The van der Waals surface area contributed by atoms with Gasteiger partial charge in [-0.05, 0) is 43.2 Å². The number of carboxylic acids is 1. The fourth-order valence-corrected chi connectivity index (χ4v) is 3.93. The highest BCUT2D eigenvalue weighted by atomic mass is 19.4. The lowest BCUT2D eigenvalue weighted by Gasteiger charge is -2.23. The van der Waals surface area contributed by atoms with Crippen molar-refractivity contribution >= 4 is 22.8 Å². The van der Waals surface area contributed by atoms with Crippen LogP contribution in [0.15, 0.2) is 36.5 Å². The highest BCUT2D eigenvalue weighted by Crippen LogP contribution is 2.31. The smallest absolute Gasteiger partial charge is 0.416 e. The number of halogens is 3. The molecule has 0 aliphatic carbocycles. The Morgan fingerprint density at radius 3 is 2.73 bits per heavy atom. The highest BCUT2D eigenvalue weighted by molar-refractivity contribution is 5.80. The van der Waals surface area contributed by atoms with Crippen molar-refractivity contribution in [3.05, 3.63) is 42.1 Å². The molecule has 0 amide bonds. The molecule has 1 fully saturated rings. The number of H-pyrrole nitrogens is 1. The molecule has 0 bridgehead atoms. The van der Waals surface area contributed by atoms with Crippen LogP contribution in [0.5, 0.6) is 0 Å². The Hall–Kier alpha value is -3.14. The molecule has 1 unspecified atom stereocenters. The number of carboxylic acid groups (broad SMARTS) is 1. The molecule has 1 aliphatic rings. The van der Waals surface area contributed by atoms with Gasteiger partial charge in [0.15, 0.2) is 0 Å². The number of aromatic amines is 1. The lowest BCUT2D eigenvalue weighted by molar-refractivity contribution is -0.144. The van der Waals surface area contributed by atoms with E-state index in [9.17, 15) is 23.1 Å². The number of aliphatic carboxylic acids is 1. The van der Waals surface area contributed by atoms with E-state index in [-0.39, 0.29) is 6.61 Å². The molecule has 2 N–H and O–H groups in total. The van der Waals surface area contributed by atoms with Crippen molar-refractivity contribution in [2.45, 2.75) is 31.9 Å². The van der Waals surface area contributed by atoms with Gasteiger partial charge in [-0.2, -0.15) is 13.2 Å². The SMILES string of the molecule is O=C(O)C1CCCCCN(c2ccc(-c3nc4ccc(C(F)(F)F)cc4[nH]3)cn2)CCOC1. The van der Waals surface area contributed by atoms with Crippen LogP contribution in [0.1, 0.15) is 31.2 Å². The monoisotopic (exact) mass is 462 g/mol. The average Bonchev–Trinajstić information content (AvgIpc) is 3.19. The van der Waals surface area contributed by atoms with Crippen LogP contribution in [0.3, 0.4) is 0 Å². The fourth-order valence-electron chi connectivity index (χ4n) is 3.93. The molecule has 0 saturated carbocycles. The Bertz CT molecular complexity index is 1100. The van der Waals surface area contributed by atoms with Gasteiger partial charge in [0, 0.05) is 24.8 Å². The minimum Gasteiger partial charge on any atom is -0.481 e. The van der Waals surface area contributed by atoms with Crippen molar-refractivity contribution in [2.24, 2.45) is 5.92 Å². The maximum Gasteiger partial charge on any atom is 0.416 e. The zero-order valence-corrected chi connectivity index (χ0v) is 17.9. The molecular weight excluding hydrogens is 437 g/mol. The van der Waals surface area contributed by atoms with Crippen LogP contribution in [-0.2, 0) is 15.7 Å². The van der Waals surface area contributed by atoms with E-state index >= 15 is 0 Å². The molecule has 10 heteroatoms. The first-order valence-electron chi connectivity index (χ1n) is 10.9. The summed E-state index contributed by atoms with van der Waals surface area (Å²) < 4.78 is 44.5. The molecule has 2 aromatic heterocycles. The second kappa shape index (κ2) is 9.78. The predicted octanol–water partition coefficient (Wildman–Crippen LogP) is 4.74. The van der Waals surface area contributed by atoms with Gasteiger partial charge in [-0.15, -0.1) is 0 Å². The summed E-state index contributed by atoms with van der Waals surface area (Å²) in [4.78, 5) is 25.3. The van der Waals surface area contributed by atoms with Crippen molar-refractivity contribution in [3.63, 3.8) is 0 Å². The minimum atomic E-state index is -4.41. The van der Waals surface area contributed by atoms with Gasteiger partial charge in [0.05, 0.1) is 35.7 Å². The second-order valence-electron chi connectivity index (χ2n) is 8.17. The number of alkyl halides is 3. The quantitative estimate of drug-likeness (QED) is 0.584. The fraction of sp³-hybridized carbons (Fsp3) is 0.435. The number of fused-ring (bicyclic) bond motifs is 1. The molecule has 1 aromatic carbocycles. The topological polar surface area (TPSA) is 91.3 Å². The van der Waals surface area contributed by atoms with E-state index in [1.54, 1.807) is 6.20 Å². The predicted molar refractivity (Wildman–Crippen MR) is 117 cm³/mol. The number of ether oxygens (including phenoxy) is 1. The molecule has 3 aromatic rings. The standard InChI is InChI=1S/C23H25F3N4O3/c24-23(25,26)17-6-7-18-19(12-17)29-21(28-18)15-5-8-20(27-13-15)30-9-3-1-2-4-16(22(31)32)14-33-11-10-30/h5-8,12-13,16H,1-4,9-11,14H2,(H,28,29)(H,31,32). The Morgan fingerprint density at radius 1 is 1.15 bits per heavy atom. The van der Waals surface area contributed by atoms with Gasteiger partial charge < -0.3 is 19.7 Å². The number of nitrogens with one attached hydrogen (secondary N) is 1. The van der Waals surface area contributed by atoms with E-state index < -0.39 is 23.6 Å². The summed E-state index contributed by atoms with van der Waals surface area (Å²) in [6, 6.07) is 7.10. The molecule has 3 heterocycles. The summed E-state index contributed by atoms with van der Waals surface area (Å²) in [5.74, 6) is -0.0794. The van der Waals surface area contributed by atoms with Gasteiger partial charge in [0.1, 0.15) is 11.6 Å². The first-order chi connectivity index (χ1) is 15.8. The van der Waals surface area contributed by atoms with Crippen molar-refractivity contribution in [3.8, 4) is 11.4 Å². The third-order valence-corrected chi connectivity index (χ3v) is 5.81. The summed E-state index contributed by atoms with van der Waals surface area (Å²) >= 11 is 0. The molecule has 0 spiro atoms. The number of anilines is 1. The van der Waals surface area contributed by atoms with E-state index in [1.165, 1.54) is 6.07 Å². The van der Waals surface area contributed by atoms with E-state index in [1.807, 2.05) is 12.1 Å². The number of carbonyl (C=O) groups is 1. The lowest BCUT2D eigenvalue weighted by Crippen LogP contribution is -2.30. The molecule has 33 heavy (non-hydrogen) atoms. The number of rotatable bonds is 3. The average molecular weight is 462 g/mol. The Labute approximate surface area is 188 Å². The van der Waals surface area contributed by atoms with Gasteiger partial charge in [-0.1, -0.05) is 12.8 Å². The van der Waals surface area contributed by atoms with Crippen molar-refractivity contribution in [1.82, 2.24) is 15.0 Å². The van der Waals surface area contributed by atoms with Crippen LogP contribution in [-0.4, -0.2) is 52.3 Å². The molecular formula is C23H25F3N4O3. The number of hydrogen-bond acceptors (Lipinski definition) is 5. The first-order valence-corrected chi connectivity index (χ1v) is 10.9. The van der Waals surface area contributed by atoms with Crippen LogP contribution < -0.4 is 4.90 Å². The molecule has 1 atom stereocenters. The van der Waals surface area contributed by atoms with Gasteiger partial charge in [0.2, 0.25) is 0 Å². The number of aromatic nitrogens is 3.